The van der Waals surface area contributed by atoms with Crippen molar-refractivity contribution in [3.8, 4) is 0 Å². The van der Waals surface area contributed by atoms with Gasteiger partial charge in [0.25, 0.3) is 0 Å². The Morgan fingerprint density at radius 2 is 1.62 bits per heavy atom. The second kappa shape index (κ2) is 16.7. The van der Waals surface area contributed by atoms with Gasteiger partial charge in [0.15, 0.2) is 0 Å². The van der Waals surface area contributed by atoms with Gasteiger partial charge in [-0.3, -0.25) is 4.79 Å². The van der Waals surface area contributed by atoms with E-state index in [0.29, 0.717) is 12.8 Å². The largest absolute Gasteiger partial charge is 0.481 e. The van der Waals surface area contributed by atoms with Crippen molar-refractivity contribution in [2.75, 3.05) is 0 Å². The van der Waals surface area contributed by atoms with Gasteiger partial charge in [-0.15, -0.1) is 0 Å². The smallest absolute Gasteiger partial charge is 0.303 e. The van der Waals surface area contributed by atoms with Gasteiger partial charge in [-0.25, -0.2) is 0 Å². The van der Waals surface area contributed by atoms with Gasteiger partial charge in [0, 0.05) is 6.42 Å². The van der Waals surface area contributed by atoms with Gasteiger partial charge in [-0.05, 0) is 32.1 Å². The van der Waals surface area contributed by atoms with E-state index in [0.717, 1.165) is 25.7 Å². The van der Waals surface area contributed by atoms with E-state index in [2.05, 4.69) is 6.92 Å². The molecule has 0 aromatic rings. The minimum absolute atomic E-state index is 0.0945. The Morgan fingerprint density at radius 1 is 0.917 bits per heavy atom. The van der Waals surface area contributed by atoms with Crippen molar-refractivity contribution < 1.29 is 20.1 Å². The topological polar surface area (TPSA) is 77.8 Å². The molecular formula is C20H36O4. The summed E-state index contributed by atoms with van der Waals surface area (Å²) in [6.07, 6.45) is 17.5. The lowest BCUT2D eigenvalue weighted by molar-refractivity contribution is -0.137. The molecule has 0 amide bonds. The quantitative estimate of drug-likeness (QED) is 0.283. The summed E-state index contributed by atoms with van der Waals surface area (Å²) in [5, 5.41) is 28.0. The van der Waals surface area contributed by atoms with Gasteiger partial charge in [-0.1, -0.05) is 69.8 Å². The molecule has 0 saturated heterocycles. The lowest BCUT2D eigenvalue weighted by Gasteiger charge is -2.08. The van der Waals surface area contributed by atoms with Gasteiger partial charge < -0.3 is 15.3 Å². The fourth-order valence-electron chi connectivity index (χ4n) is 2.52. The Labute approximate surface area is 147 Å². The monoisotopic (exact) mass is 340 g/mol. The van der Waals surface area contributed by atoms with Crippen LogP contribution in [0.1, 0.15) is 84.0 Å². The van der Waals surface area contributed by atoms with Crippen LogP contribution in [0.2, 0.25) is 0 Å². The first kappa shape index (κ1) is 22.9. The molecule has 24 heavy (non-hydrogen) atoms. The summed E-state index contributed by atoms with van der Waals surface area (Å²) in [4.78, 5) is 10.4. The van der Waals surface area contributed by atoms with Crippen molar-refractivity contribution >= 4 is 5.97 Å². The molecule has 0 rings (SSSR count). The average molecular weight is 341 g/mol. The number of aliphatic hydroxyl groups is 2. The zero-order chi connectivity index (χ0) is 18.0. The SMILES string of the molecule is CCCCCCCC[C@@H](O)CC/C=C/C=C\[C@@H](O)CCCC(=O)O. The van der Waals surface area contributed by atoms with Gasteiger partial charge in [-0.2, -0.15) is 0 Å². The lowest BCUT2D eigenvalue weighted by atomic mass is 10.0. The van der Waals surface area contributed by atoms with Crippen LogP contribution in [0.15, 0.2) is 24.3 Å². The number of carboxylic acids is 1. The molecule has 4 nitrogen and oxygen atoms in total. The first-order chi connectivity index (χ1) is 11.6. The van der Waals surface area contributed by atoms with Crippen LogP contribution in [-0.2, 0) is 4.79 Å². The highest BCUT2D eigenvalue weighted by molar-refractivity contribution is 5.66. The number of hydrogen-bond acceptors (Lipinski definition) is 3. The zero-order valence-electron chi connectivity index (χ0n) is 15.2. The molecule has 140 valence electrons. The maximum Gasteiger partial charge on any atom is 0.303 e. The highest BCUT2D eigenvalue weighted by Gasteiger charge is 2.03. The van der Waals surface area contributed by atoms with E-state index in [4.69, 9.17) is 5.11 Å². The van der Waals surface area contributed by atoms with Crippen LogP contribution < -0.4 is 0 Å². The fraction of sp³-hybridized carbons (Fsp3) is 0.750. The molecule has 0 aromatic heterocycles. The number of unbranched alkanes of at least 4 members (excludes halogenated alkanes) is 5. The van der Waals surface area contributed by atoms with Crippen molar-refractivity contribution in [1.82, 2.24) is 0 Å². The molecule has 0 fully saturated rings. The van der Waals surface area contributed by atoms with E-state index < -0.39 is 12.1 Å². The second-order valence-corrected chi connectivity index (χ2v) is 6.45. The van der Waals surface area contributed by atoms with E-state index in [1.165, 1.54) is 32.1 Å². The summed E-state index contributed by atoms with van der Waals surface area (Å²) in [6.45, 7) is 2.21. The number of aliphatic hydroxyl groups excluding tert-OH is 2. The summed E-state index contributed by atoms with van der Waals surface area (Å²) < 4.78 is 0. The zero-order valence-corrected chi connectivity index (χ0v) is 15.2. The Kier molecular flexibility index (Phi) is 15.9. The van der Waals surface area contributed by atoms with Crippen molar-refractivity contribution in [2.45, 2.75) is 96.2 Å². The third-order valence-corrected chi connectivity index (χ3v) is 4.03. The van der Waals surface area contributed by atoms with Crippen molar-refractivity contribution in [3.63, 3.8) is 0 Å². The summed E-state index contributed by atoms with van der Waals surface area (Å²) in [7, 11) is 0. The maximum absolute atomic E-state index is 10.4. The Morgan fingerprint density at radius 3 is 2.33 bits per heavy atom. The van der Waals surface area contributed by atoms with Crippen LogP contribution in [0.25, 0.3) is 0 Å². The van der Waals surface area contributed by atoms with E-state index >= 15 is 0 Å². The number of rotatable bonds is 16. The molecule has 0 heterocycles. The van der Waals surface area contributed by atoms with Crippen molar-refractivity contribution in [1.29, 1.82) is 0 Å². The second-order valence-electron chi connectivity index (χ2n) is 6.45. The van der Waals surface area contributed by atoms with E-state index in [1.54, 1.807) is 12.2 Å². The molecule has 0 aromatic carbocycles. The Bertz CT molecular complexity index is 350. The van der Waals surface area contributed by atoms with Gasteiger partial charge in [0.2, 0.25) is 0 Å². The summed E-state index contributed by atoms with van der Waals surface area (Å²) in [5.74, 6) is -0.828. The standard InChI is InChI=1S/C20H36O4/c1-2-3-4-5-6-9-13-18(21)14-10-7-8-11-15-19(22)16-12-17-20(23)24/h7-8,11,15,18-19,21-22H,2-6,9-10,12-14,16-17H2,1H3,(H,23,24)/b8-7+,15-11-/t18-,19-/m1/s1. The minimum Gasteiger partial charge on any atom is -0.481 e. The third kappa shape index (κ3) is 17.2. The van der Waals surface area contributed by atoms with E-state index in [-0.39, 0.29) is 12.5 Å². The molecule has 0 aliphatic carbocycles. The van der Waals surface area contributed by atoms with Crippen LogP contribution in [0.3, 0.4) is 0 Å². The summed E-state index contributed by atoms with van der Waals surface area (Å²) in [5.41, 5.74) is 0. The normalized spacial score (nSPS) is 14.5. The third-order valence-electron chi connectivity index (χ3n) is 4.03. The molecule has 3 N–H and O–H groups in total. The van der Waals surface area contributed by atoms with Gasteiger partial charge >= 0.3 is 5.97 Å². The van der Waals surface area contributed by atoms with Crippen LogP contribution in [0.5, 0.6) is 0 Å². The Hall–Kier alpha value is -1.13. The minimum atomic E-state index is -0.828. The highest BCUT2D eigenvalue weighted by Crippen LogP contribution is 2.11. The van der Waals surface area contributed by atoms with Crippen LogP contribution in [-0.4, -0.2) is 33.5 Å². The number of carbonyl (C=O) groups is 1. The predicted molar refractivity (Wildman–Crippen MR) is 99.0 cm³/mol. The molecular weight excluding hydrogens is 304 g/mol. The molecule has 0 aliphatic heterocycles. The molecule has 0 bridgehead atoms. The maximum atomic E-state index is 10.4. The fourth-order valence-corrected chi connectivity index (χ4v) is 2.52. The van der Waals surface area contributed by atoms with Crippen molar-refractivity contribution in [3.05, 3.63) is 24.3 Å². The summed E-state index contributed by atoms with van der Waals surface area (Å²) in [6, 6.07) is 0. The first-order valence-corrected chi connectivity index (χ1v) is 9.47. The molecule has 0 spiro atoms. The van der Waals surface area contributed by atoms with Crippen LogP contribution in [0.4, 0.5) is 0 Å². The number of hydrogen-bond donors (Lipinski definition) is 3. The lowest BCUT2D eigenvalue weighted by Crippen LogP contribution is -2.05. The van der Waals surface area contributed by atoms with Crippen molar-refractivity contribution in [2.24, 2.45) is 0 Å². The van der Waals surface area contributed by atoms with Gasteiger partial charge in [0.05, 0.1) is 12.2 Å². The molecule has 0 aliphatic rings. The number of aliphatic carboxylic acids is 1. The molecule has 0 unspecified atom stereocenters. The highest BCUT2D eigenvalue weighted by atomic mass is 16.4. The average Bonchev–Trinajstić information content (AvgIpc) is 2.53. The number of allylic oxidation sites excluding steroid dienone is 3. The predicted octanol–water partition coefficient (Wildman–Crippen LogP) is 4.61. The number of carboxylic acid groups (broad SMARTS) is 1. The van der Waals surface area contributed by atoms with Crippen LogP contribution >= 0.6 is 0 Å². The molecule has 0 radical (unpaired) electrons. The van der Waals surface area contributed by atoms with Gasteiger partial charge in [0.1, 0.15) is 0 Å². The van der Waals surface area contributed by atoms with E-state index in [9.17, 15) is 15.0 Å². The van der Waals surface area contributed by atoms with E-state index in [1.807, 2.05) is 12.2 Å². The van der Waals surface area contributed by atoms with Crippen LogP contribution in [0, 0.1) is 0 Å². The molecule has 2 atom stereocenters. The first-order valence-electron chi connectivity index (χ1n) is 9.47. The molecule has 4 heteroatoms. The summed E-state index contributed by atoms with van der Waals surface area (Å²) >= 11 is 0. The molecule has 0 saturated carbocycles. The Balaban J connectivity index is 3.55.